The molecule has 0 saturated carbocycles. The summed E-state index contributed by atoms with van der Waals surface area (Å²) in [4.78, 5) is 11.7. The first-order valence-corrected chi connectivity index (χ1v) is 6.95. The third-order valence-corrected chi connectivity index (χ3v) is 3.81. The SMILES string of the molecule is CCc1ccccc1CNc1cnn(C)c(=O)c1Br. The predicted molar refractivity (Wildman–Crippen MR) is 80.3 cm³/mol. The molecule has 0 aliphatic heterocycles. The Morgan fingerprint density at radius 2 is 2.00 bits per heavy atom. The molecule has 0 fully saturated rings. The zero-order valence-electron chi connectivity index (χ0n) is 11.0. The van der Waals surface area contributed by atoms with E-state index in [9.17, 15) is 4.79 Å². The quantitative estimate of drug-likeness (QED) is 0.941. The van der Waals surface area contributed by atoms with Gasteiger partial charge in [0.05, 0.1) is 11.9 Å². The number of halogens is 1. The lowest BCUT2D eigenvalue weighted by atomic mass is 10.1. The van der Waals surface area contributed by atoms with Crippen molar-refractivity contribution in [3.63, 3.8) is 0 Å². The predicted octanol–water partition coefficient (Wildman–Crippen LogP) is 2.72. The van der Waals surface area contributed by atoms with Gasteiger partial charge in [0.2, 0.25) is 0 Å². The molecule has 0 aliphatic carbocycles. The fourth-order valence-electron chi connectivity index (χ4n) is 1.90. The summed E-state index contributed by atoms with van der Waals surface area (Å²) in [5.41, 5.74) is 3.11. The molecule has 1 N–H and O–H groups in total. The highest BCUT2D eigenvalue weighted by atomic mass is 79.9. The lowest BCUT2D eigenvalue weighted by molar-refractivity contribution is 0.703. The molecule has 0 bridgehead atoms. The fraction of sp³-hybridized carbons (Fsp3) is 0.286. The van der Waals surface area contributed by atoms with E-state index in [-0.39, 0.29) is 5.56 Å². The Morgan fingerprint density at radius 1 is 1.32 bits per heavy atom. The lowest BCUT2D eigenvalue weighted by Gasteiger charge is -2.11. The number of rotatable bonds is 4. The fourth-order valence-corrected chi connectivity index (χ4v) is 2.40. The average molecular weight is 322 g/mol. The average Bonchev–Trinajstić information content (AvgIpc) is 2.44. The molecule has 5 heteroatoms. The summed E-state index contributed by atoms with van der Waals surface area (Å²) in [6.45, 7) is 2.81. The van der Waals surface area contributed by atoms with Crippen LogP contribution >= 0.6 is 15.9 Å². The van der Waals surface area contributed by atoms with E-state index in [0.29, 0.717) is 16.7 Å². The van der Waals surface area contributed by atoms with E-state index in [1.807, 2.05) is 12.1 Å². The summed E-state index contributed by atoms with van der Waals surface area (Å²) in [7, 11) is 1.63. The molecule has 2 aromatic rings. The zero-order chi connectivity index (χ0) is 13.8. The molecular weight excluding hydrogens is 306 g/mol. The van der Waals surface area contributed by atoms with E-state index in [2.05, 4.69) is 45.4 Å². The molecule has 0 aliphatic rings. The van der Waals surface area contributed by atoms with Gasteiger partial charge < -0.3 is 5.32 Å². The summed E-state index contributed by atoms with van der Waals surface area (Å²) in [6, 6.07) is 8.27. The summed E-state index contributed by atoms with van der Waals surface area (Å²) >= 11 is 3.30. The summed E-state index contributed by atoms with van der Waals surface area (Å²) in [6.07, 6.45) is 2.65. The van der Waals surface area contributed by atoms with Gasteiger partial charge in [0.1, 0.15) is 4.47 Å². The minimum atomic E-state index is -0.145. The number of aromatic nitrogens is 2. The van der Waals surface area contributed by atoms with Crippen LogP contribution in [0.3, 0.4) is 0 Å². The van der Waals surface area contributed by atoms with E-state index in [1.54, 1.807) is 13.2 Å². The molecule has 4 nitrogen and oxygen atoms in total. The van der Waals surface area contributed by atoms with Gasteiger partial charge >= 0.3 is 0 Å². The van der Waals surface area contributed by atoms with Gasteiger partial charge in [-0.3, -0.25) is 4.79 Å². The maximum Gasteiger partial charge on any atom is 0.282 e. The van der Waals surface area contributed by atoms with Gasteiger partial charge in [0.25, 0.3) is 5.56 Å². The van der Waals surface area contributed by atoms with Crippen LogP contribution in [-0.4, -0.2) is 9.78 Å². The van der Waals surface area contributed by atoms with Crippen molar-refractivity contribution >= 4 is 21.6 Å². The number of aryl methyl sites for hydroxylation is 2. The van der Waals surface area contributed by atoms with Crippen LogP contribution in [-0.2, 0) is 20.0 Å². The third-order valence-electron chi connectivity index (χ3n) is 3.05. The van der Waals surface area contributed by atoms with Gasteiger partial charge in [-0.1, -0.05) is 31.2 Å². The van der Waals surface area contributed by atoms with E-state index in [1.165, 1.54) is 15.8 Å². The van der Waals surface area contributed by atoms with E-state index in [0.717, 1.165) is 6.42 Å². The van der Waals surface area contributed by atoms with Crippen LogP contribution in [0.25, 0.3) is 0 Å². The minimum Gasteiger partial charge on any atom is -0.379 e. The first kappa shape index (κ1) is 13.8. The number of hydrogen-bond acceptors (Lipinski definition) is 3. The second-order valence-corrected chi connectivity index (χ2v) is 5.07. The smallest absolute Gasteiger partial charge is 0.282 e. The number of anilines is 1. The van der Waals surface area contributed by atoms with Crippen molar-refractivity contribution in [3.05, 3.63) is 56.4 Å². The number of hydrogen-bond donors (Lipinski definition) is 1. The van der Waals surface area contributed by atoms with Gasteiger partial charge in [-0.2, -0.15) is 5.10 Å². The van der Waals surface area contributed by atoms with E-state index >= 15 is 0 Å². The van der Waals surface area contributed by atoms with Crippen molar-refractivity contribution in [2.75, 3.05) is 5.32 Å². The van der Waals surface area contributed by atoms with Crippen molar-refractivity contribution in [2.24, 2.45) is 7.05 Å². The lowest BCUT2D eigenvalue weighted by Crippen LogP contribution is -2.21. The Morgan fingerprint density at radius 3 is 2.68 bits per heavy atom. The third kappa shape index (κ3) is 3.04. The molecule has 0 atom stereocenters. The Kier molecular flexibility index (Phi) is 4.37. The molecule has 19 heavy (non-hydrogen) atoms. The Labute approximate surface area is 120 Å². The topological polar surface area (TPSA) is 46.9 Å². The molecule has 100 valence electrons. The molecule has 0 radical (unpaired) electrons. The number of nitrogens with one attached hydrogen (secondary N) is 1. The molecule has 0 saturated heterocycles. The van der Waals surface area contributed by atoms with Crippen LogP contribution in [0.5, 0.6) is 0 Å². The van der Waals surface area contributed by atoms with Gasteiger partial charge in [-0.05, 0) is 33.5 Å². The van der Waals surface area contributed by atoms with Crippen molar-refractivity contribution < 1.29 is 0 Å². The number of benzene rings is 1. The van der Waals surface area contributed by atoms with Crippen LogP contribution < -0.4 is 10.9 Å². The summed E-state index contributed by atoms with van der Waals surface area (Å²) in [5, 5.41) is 7.26. The Hall–Kier alpha value is -1.62. The van der Waals surface area contributed by atoms with Crippen LogP contribution in [0.2, 0.25) is 0 Å². The second kappa shape index (κ2) is 6.02. The summed E-state index contributed by atoms with van der Waals surface area (Å²) in [5.74, 6) is 0. The largest absolute Gasteiger partial charge is 0.379 e. The highest BCUT2D eigenvalue weighted by Crippen LogP contribution is 2.18. The van der Waals surface area contributed by atoms with E-state index in [4.69, 9.17) is 0 Å². The highest BCUT2D eigenvalue weighted by molar-refractivity contribution is 9.10. The maximum absolute atomic E-state index is 11.7. The Balaban J connectivity index is 2.19. The molecule has 1 aromatic carbocycles. The van der Waals surface area contributed by atoms with Crippen molar-refractivity contribution in [1.82, 2.24) is 9.78 Å². The molecule has 1 aromatic heterocycles. The normalized spacial score (nSPS) is 10.5. The van der Waals surface area contributed by atoms with E-state index < -0.39 is 0 Å². The van der Waals surface area contributed by atoms with Gasteiger partial charge in [0.15, 0.2) is 0 Å². The van der Waals surface area contributed by atoms with Crippen molar-refractivity contribution in [2.45, 2.75) is 19.9 Å². The molecule has 0 unspecified atom stereocenters. The highest BCUT2D eigenvalue weighted by Gasteiger charge is 2.07. The molecular formula is C14H16BrN3O. The molecule has 2 rings (SSSR count). The standard InChI is InChI=1S/C14H16BrN3O/c1-3-10-6-4-5-7-11(10)8-16-12-9-17-18(2)14(19)13(12)15/h4-7,9,16H,3,8H2,1-2H3. The first-order chi connectivity index (χ1) is 9.13. The molecule has 0 amide bonds. The maximum atomic E-state index is 11.7. The first-order valence-electron chi connectivity index (χ1n) is 6.16. The molecule has 0 spiro atoms. The van der Waals surface area contributed by atoms with Crippen LogP contribution in [0.4, 0.5) is 5.69 Å². The molecule has 1 heterocycles. The van der Waals surface area contributed by atoms with Gasteiger partial charge in [0, 0.05) is 13.6 Å². The second-order valence-electron chi connectivity index (χ2n) is 4.28. The van der Waals surface area contributed by atoms with Crippen molar-refractivity contribution in [3.8, 4) is 0 Å². The van der Waals surface area contributed by atoms with Crippen LogP contribution in [0, 0.1) is 0 Å². The van der Waals surface area contributed by atoms with Crippen LogP contribution in [0.1, 0.15) is 18.1 Å². The van der Waals surface area contributed by atoms with Crippen LogP contribution in [0.15, 0.2) is 39.7 Å². The summed E-state index contributed by atoms with van der Waals surface area (Å²) < 4.78 is 1.81. The minimum absolute atomic E-state index is 0.145. The zero-order valence-corrected chi connectivity index (χ0v) is 12.6. The van der Waals surface area contributed by atoms with Gasteiger partial charge in [-0.25, -0.2) is 4.68 Å². The van der Waals surface area contributed by atoms with Crippen molar-refractivity contribution in [1.29, 1.82) is 0 Å². The van der Waals surface area contributed by atoms with Gasteiger partial charge in [-0.15, -0.1) is 0 Å². The Bertz CT molecular complexity index is 637. The monoisotopic (exact) mass is 321 g/mol. The number of nitrogens with zero attached hydrogens (tertiary/aromatic N) is 2.